The summed E-state index contributed by atoms with van der Waals surface area (Å²) in [6, 6.07) is 34.5. The van der Waals surface area contributed by atoms with Gasteiger partial charge in [0.25, 0.3) is 0 Å². The zero-order valence-corrected chi connectivity index (χ0v) is 21.7. The van der Waals surface area contributed by atoms with Crippen molar-refractivity contribution in [3.05, 3.63) is 151 Å². The van der Waals surface area contributed by atoms with E-state index in [-0.39, 0.29) is 29.7 Å². The van der Waals surface area contributed by atoms with E-state index < -0.39 is 6.04 Å². The Kier molecular flexibility index (Phi) is 4.16. The number of hydrogen-bond acceptors (Lipinski definition) is 1. The molecule has 0 aliphatic heterocycles. The third-order valence-electron chi connectivity index (χ3n) is 7.69. The first kappa shape index (κ1) is 18.5. The predicted molar refractivity (Wildman–Crippen MR) is 170 cm³/mol. The van der Waals surface area contributed by atoms with Crippen LogP contribution in [0.2, 0.25) is 0 Å². The molecule has 2 aromatic heterocycles. The summed E-state index contributed by atoms with van der Waals surface area (Å²) in [5, 5.41) is 3.16. The van der Waals surface area contributed by atoms with Gasteiger partial charge in [0.15, 0.2) is 5.69 Å². The lowest BCUT2D eigenvalue weighted by Crippen LogP contribution is -1.92. The minimum atomic E-state index is -0.396. The van der Waals surface area contributed by atoms with E-state index in [9.17, 15) is 0 Å². The Morgan fingerprint density at radius 3 is 1.88 bits per heavy atom. The molecule has 0 fully saturated rings. The highest BCUT2D eigenvalue weighted by molar-refractivity contribution is 6.15. The molecule has 6 aromatic carbocycles. The minimum absolute atomic E-state index is 0.197. The van der Waals surface area contributed by atoms with Crippen molar-refractivity contribution >= 4 is 44.0 Å². The molecule has 3 heteroatoms. The van der Waals surface area contributed by atoms with Gasteiger partial charge in [-0.1, -0.05) is 109 Å². The maximum Gasteiger partial charge on any atom is 0.189 e. The second-order valence-corrected chi connectivity index (χ2v) is 9.99. The van der Waals surface area contributed by atoms with E-state index in [2.05, 4.69) is 57.8 Å². The highest BCUT2D eigenvalue weighted by atomic mass is 15.0. The van der Waals surface area contributed by atoms with Gasteiger partial charge in [-0.25, -0.2) is 9.83 Å². The van der Waals surface area contributed by atoms with Crippen molar-refractivity contribution in [1.82, 2.24) is 9.38 Å². The summed E-state index contributed by atoms with van der Waals surface area (Å²) in [6.45, 7) is 7.60. The second kappa shape index (κ2) is 9.19. The monoisotopic (exact) mass is 526 g/mol. The number of para-hydroxylation sites is 2. The first-order valence-electron chi connectivity index (χ1n) is 15.8. The number of benzene rings is 6. The van der Waals surface area contributed by atoms with Crippen molar-refractivity contribution in [2.45, 2.75) is 0 Å². The van der Waals surface area contributed by atoms with Crippen molar-refractivity contribution in [2.75, 3.05) is 0 Å². The Bertz CT molecular complexity index is 2550. The average Bonchev–Trinajstić information content (AvgIpc) is 3.50. The molecule has 0 amide bonds. The molecule has 0 bridgehead atoms. The van der Waals surface area contributed by atoms with Crippen LogP contribution in [0.4, 0.5) is 5.69 Å². The highest BCUT2D eigenvalue weighted by Crippen LogP contribution is 2.37. The molecule has 8 aromatic rings. The van der Waals surface area contributed by atoms with E-state index in [4.69, 9.17) is 18.4 Å². The molecular formula is C38H23N3. The van der Waals surface area contributed by atoms with Crippen molar-refractivity contribution in [3.8, 4) is 33.4 Å². The lowest BCUT2D eigenvalue weighted by molar-refractivity contribution is 1.32. The van der Waals surface area contributed by atoms with Gasteiger partial charge >= 0.3 is 0 Å². The molecular weight excluding hydrogens is 498 g/mol. The van der Waals surface area contributed by atoms with Gasteiger partial charge < -0.3 is 0 Å². The van der Waals surface area contributed by atoms with E-state index >= 15 is 0 Å². The number of fused-ring (bicyclic) bond motifs is 8. The fourth-order valence-electron chi connectivity index (χ4n) is 5.67. The van der Waals surface area contributed by atoms with Crippen LogP contribution in [0.3, 0.4) is 0 Å². The van der Waals surface area contributed by atoms with Gasteiger partial charge in [0.2, 0.25) is 0 Å². The van der Waals surface area contributed by atoms with Crippen LogP contribution in [-0.4, -0.2) is 9.38 Å². The lowest BCUT2D eigenvalue weighted by Gasteiger charge is -2.12. The summed E-state index contributed by atoms with van der Waals surface area (Å²) >= 11 is 0. The average molecular weight is 527 g/mol. The minimum Gasteiger partial charge on any atom is -0.293 e. The third kappa shape index (κ3) is 3.77. The number of aromatic nitrogens is 2. The molecule has 0 saturated carbocycles. The molecule has 0 N–H and O–H groups in total. The topological polar surface area (TPSA) is 21.7 Å². The molecule has 0 radical (unpaired) electrons. The Hall–Kier alpha value is -5.72. The molecule has 8 rings (SSSR count). The van der Waals surface area contributed by atoms with Crippen molar-refractivity contribution < 1.29 is 6.85 Å². The van der Waals surface area contributed by atoms with Gasteiger partial charge in [-0.3, -0.25) is 4.40 Å². The van der Waals surface area contributed by atoms with Gasteiger partial charge in [-0.15, -0.1) is 0 Å². The van der Waals surface area contributed by atoms with Crippen molar-refractivity contribution in [2.24, 2.45) is 0 Å². The van der Waals surface area contributed by atoms with E-state index in [0.29, 0.717) is 11.3 Å². The van der Waals surface area contributed by atoms with Gasteiger partial charge in [0.1, 0.15) is 5.65 Å². The van der Waals surface area contributed by atoms with E-state index in [1.54, 1.807) is 12.1 Å². The van der Waals surface area contributed by atoms with Crippen LogP contribution in [-0.2, 0) is 0 Å². The second-order valence-electron chi connectivity index (χ2n) is 9.99. The van der Waals surface area contributed by atoms with Crippen LogP contribution in [0.5, 0.6) is 0 Å². The Balaban J connectivity index is 1.19. The van der Waals surface area contributed by atoms with Crippen LogP contribution in [0.15, 0.2) is 139 Å². The molecule has 0 atom stereocenters. The zero-order valence-electron chi connectivity index (χ0n) is 26.7. The van der Waals surface area contributed by atoms with Crippen LogP contribution in [0.25, 0.3) is 76.6 Å². The first-order valence-corrected chi connectivity index (χ1v) is 13.3. The Labute approximate surface area is 244 Å². The first-order chi connectivity index (χ1) is 22.3. The molecule has 0 aliphatic carbocycles. The molecule has 2 heterocycles. The fraction of sp³-hybridized carbons (Fsp3) is 0. The summed E-state index contributed by atoms with van der Waals surface area (Å²) in [6.07, 6.45) is 0. The van der Waals surface area contributed by atoms with Gasteiger partial charge in [0.05, 0.1) is 24.5 Å². The number of imidazole rings is 1. The predicted octanol–water partition coefficient (Wildman–Crippen LogP) is 10.3. The summed E-state index contributed by atoms with van der Waals surface area (Å²) < 4.78 is 42.6. The number of hydrogen-bond donors (Lipinski definition) is 0. The number of pyridine rings is 1. The summed E-state index contributed by atoms with van der Waals surface area (Å²) in [7, 11) is 0. The van der Waals surface area contributed by atoms with Crippen LogP contribution >= 0.6 is 0 Å². The smallest absolute Gasteiger partial charge is 0.189 e. The van der Waals surface area contributed by atoms with E-state index in [1.807, 2.05) is 48.5 Å². The molecule has 0 saturated heterocycles. The largest absolute Gasteiger partial charge is 0.293 e. The van der Waals surface area contributed by atoms with Gasteiger partial charge in [-0.2, -0.15) is 0 Å². The lowest BCUT2D eigenvalue weighted by atomic mass is 9.96. The van der Waals surface area contributed by atoms with Gasteiger partial charge in [-0.05, 0) is 69.1 Å². The standard InChI is InChI=1S/C38H23N3/c1-39-31-20-22-32-34-23-30(19-21-33(34)38-40-35-9-5-6-10-36(35)41(38)37(32)24-31)29-17-15-28(16-18-29)27-13-11-26(12-14-27)25-7-3-2-4-8-25/h2-24H/i2D,3D,4D,7D,8D. The van der Waals surface area contributed by atoms with Crippen molar-refractivity contribution in [1.29, 1.82) is 0 Å². The molecule has 190 valence electrons. The maximum atomic E-state index is 8.29. The SMILES string of the molecule is [2H]c1c([2H])c([2H])c(-c2ccc(-c3ccc(-c4ccc5c(c4)c4ccc([N+]#[C-])cc4n4c6ccccc6nc54)cc3)cc2)c([2H])c1[2H]. The van der Waals surface area contributed by atoms with Gasteiger partial charge in [0, 0.05) is 16.3 Å². The molecule has 0 aliphatic rings. The van der Waals surface area contributed by atoms with Crippen LogP contribution in [0.1, 0.15) is 6.85 Å². The summed E-state index contributed by atoms with van der Waals surface area (Å²) in [5.41, 5.74) is 9.15. The fourth-order valence-corrected chi connectivity index (χ4v) is 5.67. The molecule has 0 unspecified atom stereocenters. The molecule has 3 nitrogen and oxygen atoms in total. The Morgan fingerprint density at radius 1 is 0.561 bits per heavy atom. The van der Waals surface area contributed by atoms with E-state index in [1.165, 1.54) is 0 Å². The number of rotatable bonds is 3. The molecule has 41 heavy (non-hydrogen) atoms. The van der Waals surface area contributed by atoms with E-state index in [0.717, 1.165) is 60.6 Å². The summed E-state index contributed by atoms with van der Waals surface area (Å²) in [4.78, 5) is 8.67. The van der Waals surface area contributed by atoms with Crippen LogP contribution < -0.4 is 0 Å². The zero-order chi connectivity index (χ0) is 31.7. The van der Waals surface area contributed by atoms with Crippen LogP contribution in [0, 0.1) is 6.57 Å². The number of nitrogens with zero attached hydrogens (tertiary/aromatic N) is 3. The van der Waals surface area contributed by atoms with Crippen molar-refractivity contribution in [3.63, 3.8) is 0 Å². The maximum absolute atomic E-state index is 8.29. The molecule has 0 spiro atoms. The summed E-state index contributed by atoms with van der Waals surface area (Å²) in [5.74, 6) is 0. The Morgan fingerprint density at radius 2 is 1.17 bits per heavy atom. The normalized spacial score (nSPS) is 13.1. The quantitative estimate of drug-likeness (QED) is 0.166. The highest BCUT2D eigenvalue weighted by Gasteiger charge is 2.15. The third-order valence-corrected chi connectivity index (χ3v) is 7.69.